The number of amides is 2. The van der Waals surface area contributed by atoms with Crippen LogP contribution in [0, 0.1) is 11.6 Å². The van der Waals surface area contributed by atoms with Crippen molar-refractivity contribution in [2.45, 2.75) is 28.9 Å². The van der Waals surface area contributed by atoms with E-state index in [0.29, 0.717) is 23.1 Å². The number of rotatable bonds is 8. The Labute approximate surface area is 241 Å². The third-order valence-corrected chi connectivity index (χ3v) is 7.57. The molecule has 0 spiro atoms. The second-order valence-electron chi connectivity index (χ2n) is 8.71. The van der Waals surface area contributed by atoms with Crippen molar-refractivity contribution < 1.29 is 44.7 Å². The molecule has 0 saturated heterocycles. The highest BCUT2D eigenvalue weighted by atomic mass is 35.5. The highest BCUT2D eigenvalue weighted by molar-refractivity contribution is 7.91. The molecule has 0 aliphatic heterocycles. The predicted octanol–water partition coefficient (Wildman–Crippen LogP) is 4.67. The molecule has 2 aromatic heterocycles. The van der Waals surface area contributed by atoms with E-state index < -0.39 is 56.1 Å². The van der Waals surface area contributed by atoms with Gasteiger partial charge in [-0.05, 0) is 43.3 Å². The number of hydrogen-bond acceptors (Lipinski definition) is 7. The summed E-state index contributed by atoms with van der Waals surface area (Å²) in [5, 5.41) is 8.95. The summed E-state index contributed by atoms with van der Waals surface area (Å²) in [7, 11) is -3.18. The molecule has 0 saturated carbocycles. The van der Waals surface area contributed by atoms with Crippen LogP contribution in [-0.2, 0) is 19.4 Å². The van der Waals surface area contributed by atoms with Gasteiger partial charge in [-0.25, -0.2) is 17.2 Å². The minimum Gasteiger partial charge on any atom is -0.383 e. The van der Waals surface area contributed by atoms with Gasteiger partial charge in [0, 0.05) is 24.8 Å². The van der Waals surface area contributed by atoms with E-state index >= 15 is 0 Å². The fourth-order valence-electron chi connectivity index (χ4n) is 4.02. The van der Waals surface area contributed by atoms with E-state index in [1.807, 2.05) is 0 Å². The first-order chi connectivity index (χ1) is 19.2. The van der Waals surface area contributed by atoms with Crippen molar-refractivity contribution >= 4 is 56.5 Å². The van der Waals surface area contributed by atoms with Gasteiger partial charge in [-0.1, -0.05) is 0 Å². The number of H-pyrrole nitrogens is 1. The van der Waals surface area contributed by atoms with Gasteiger partial charge in [-0.15, -0.1) is 12.4 Å². The molecule has 2 aromatic carbocycles. The summed E-state index contributed by atoms with van der Waals surface area (Å²) in [5.41, 5.74) is -0.592. The van der Waals surface area contributed by atoms with Crippen molar-refractivity contribution in [3.8, 4) is 0 Å². The summed E-state index contributed by atoms with van der Waals surface area (Å²) < 4.78 is 98.7. The van der Waals surface area contributed by atoms with Crippen molar-refractivity contribution in [3.63, 3.8) is 0 Å². The second kappa shape index (κ2) is 12.4. The number of aromatic nitrogens is 3. The molecule has 224 valence electrons. The molecule has 17 heteroatoms. The Morgan fingerprint density at radius 1 is 1.07 bits per heavy atom. The van der Waals surface area contributed by atoms with Crippen LogP contribution in [0.5, 0.6) is 0 Å². The van der Waals surface area contributed by atoms with Crippen molar-refractivity contribution in [3.05, 3.63) is 72.1 Å². The number of alkyl halides is 3. The third kappa shape index (κ3) is 6.50. The molecule has 4 rings (SSSR count). The first-order valence-corrected chi connectivity index (χ1v) is 13.1. The van der Waals surface area contributed by atoms with Gasteiger partial charge >= 0.3 is 12.1 Å². The normalized spacial score (nSPS) is 12.5. The van der Waals surface area contributed by atoms with Gasteiger partial charge in [0.1, 0.15) is 11.6 Å². The minimum atomic E-state index is -5.28. The predicted molar refractivity (Wildman–Crippen MR) is 142 cm³/mol. The molecular weight excluding hydrogens is 613 g/mol. The first-order valence-electron chi connectivity index (χ1n) is 11.6. The molecular formula is C25H21ClF5N5O5S. The SMILES string of the molecule is COCC(C)N(C(=O)C(F)(F)F)c1cnccc1C(=O)Nc1n[nH]c2ccc(S(=O)(=O)c3cc(F)cc(F)c3)cc12.Cl. The smallest absolute Gasteiger partial charge is 0.383 e. The maximum atomic E-state index is 13.7. The maximum Gasteiger partial charge on any atom is 0.471 e. The number of anilines is 2. The molecule has 0 radical (unpaired) electrons. The fraction of sp³-hybridized carbons (Fsp3) is 0.200. The lowest BCUT2D eigenvalue weighted by Crippen LogP contribution is -2.48. The van der Waals surface area contributed by atoms with E-state index in [1.165, 1.54) is 20.1 Å². The largest absolute Gasteiger partial charge is 0.471 e. The number of halogens is 6. The molecule has 0 aliphatic rings. The van der Waals surface area contributed by atoms with E-state index in [9.17, 15) is 40.0 Å². The lowest BCUT2D eigenvalue weighted by molar-refractivity contribution is -0.171. The number of methoxy groups -OCH3 is 1. The Morgan fingerprint density at radius 2 is 1.74 bits per heavy atom. The van der Waals surface area contributed by atoms with Crippen LogP contribution in [0.4, 0.5) is 33.5 Å². The number of pyridine rings is 1. The van der Waals surface area contributed by atoms with Crippen LogP contribution in [0.15, 0.2) is 64.6 Å². The zero-order valence-electron chi connectivity index (χ0n) is 21.6. The highest BCUT2D eigenvalue weighted by Crippen LogP contribution is 2.31. The van der Waals surface area contributed by atoms with E-state index in [4.69, 9.17) is 4.74 Å². The molecule has 1 atom stereocenters. The fourth-order valence-corrected chi connectivity index (χ4v) is 5.35. The molecule has 0 fully saturated rings. The van der Waals surface area contributed by atoms with Gasteiger partial charge in [0.2, 0.25) is 9.84 Å². The van der Waals surface area contributed by atoms with Gasteiger partial charge in [0.15, 0.2) is 5.82 Å². The van der Waals surface area contributed by atoms with Crippen LogP contribution in [0.25, 0.3) is 10.9 Å². The number of ether oxygens (including phenoxy) is 1. The van der Waals surface area contributed by atoms with Crippen LogP contribution in [0.2, 0.25) is 0 Å². The molecule has 42 heavy (non-hydrogen) atoms. The number of hydrogen-bond donors (Lipinski definition) is 2. The van der Waals surface area contributed by atoms with E-state index in [1.54, 1.807) is 0 Å². The summed E-state index contributed by atoms with van der Waals surface area (Å²) in [5.74, 6) is -5.67. The number of nitrogens with one attached hydrogen (secondary N) is 2. The molecule has 0 aliphatic carbocycles. The molecule has 2 heterocycles. The second-order valence-corrected chi connectivity index (χ2v) is 10.7. The number of aromatic amines is 1. The minimum absolute atomic E-state index is 0. The van der Waals surface area contributed by atoms with Crippen LogP contribution in [0.3, 0.4) is 0 Å². The molecule has 0 bridgehead atoms. The van der Waals surface area contributed by atoms with E-state index in [2.05, 4.69) is 20.5 Å². The average molecular weight is 634 g/mol. The van der Waals surface area contributed by atoms with Crippen molar-refractivity contribution in [2.24, 2.45) is 0 Å². The lowest BCUT2D eigenvalue weighted by Gasteiger charge is -2.30. The van der Waals surface area contributed by atoms with Crippen LogP contribution >= 0.6 is 12.4 Å². The number of carbonyl (C=O) groups is 2. The highest BCUT2D eigenvalue weighted by Gasteiger charge is 2.45. The molecule has 4 aromatic rings. The summed E-state index contributed by atoms with van der Waals surface area (Å²) >= 11 is 0. The van der Waals surface area contributed by atoms with Gasteiger partial charge in [-0.2, -0.15) is 18.3 Å². The Kier molecular flexibility index (Phi) is 9.54. The van der Waals surface area contributed by atoms with Gasteiger partial charge in [0.05, 0.1) is 45.4 Å². The monoisotopic (exact) mass is 633 g/mol. The summed E-state index contributed by atoms with van der Waals surface area (Å²) in [6.45, 7) is 0.990. The average Bonchev–Trinajstić information content (AvgIpc) is 3.30. The number of sulfone groups is 1. The van der Waals surface area contributed by atoms with Crippen LogP contribution in [-0.4, -0.2) is 61.3 Å². The third-order valence-electron chi connectivity index (χ3n) is 5.84. The number of benzene rings is 2. The topological polar surface area (TPSA) is 134 Å². The van der Waals surface area contributed by atoms with Crippen molar-refractivity contribution in [1.82, 2.24) is 15.2 Å². The molecule has 1 unspecified atom stereocenters. The van der Waals surface area contributed by atoms with Gasteiger partial charge in [0.25, 0.3) is 5.91 Å². The maximum absolute atomic E-state index is 13.7. The molecule has 10 nitrogen and oxygen atoms in total. The van der Waals surface area contributed by atoms with Crippen molar-refractivity contribution in [2.75, 3.05) is 23.9 Å². The zero-order valence-corrected chi connectivity index (χ0v) is 23.2. The standard InChI is InChI=1S/C25H20F5N5O5S.ClH/c1-13(12-40-2)35(24(37)25(28,29)30)21-11-31-6-5-18(21)23(36)32-22-19-10-16(3-4-20(19)33-34-22)41(38,39)17-8-14(26)7-15(27)9-17;/h3-11,13H,12H2,1-2H3,(H2,32,33,34,36);1H. The molecule has 2 amide bonds. The first kappa shape index (κ1) is 32.4. The Morgan fingerprint density at radius 3 is 2.36 bits per heavy atom. The van der Waals surface area contributed by atoms with Crippen molar-refractivity contribution in [1.29, 1.82) is 0 Å². The van der Waals surface area contributed by atoms with Gasteiger partial charge < -0.3 is 10.1 Å². The Balaban J connectivity index is 0.00000484. The summed E-state index contributed by atoms with van der Waals surface area (Å²) in [6.07, 6.45) is -3.24. The number of nitrogens with zero attached hydrogens (tertiary/aromatic N) is 3. The van der Waals surface area contributed by atoms with Crippen LogP contribution in [0.1, 0.15) is 17.3 Å². The van der Waals surface area contributed by atoms with E-state index in [-0.39, 0.29) is 46.2 Å². The van der Waals surface area contributed by atoms with Gasteiger partial charge in [-0.3, -0.25) is 24.6 Å². The lowest BCUT2D eigenvalue weighted by atomic mass is 10.1. The Bertz CT molecular complexity index is 1730. The number of fused-ring (bicyclic) bond motifs is 1. The quantitative estimate of drug-likeness (QED) is 0.269. The Hall–Kier alpha value is -4.15. The summed E-state index contributed by atoms with van der Waals surface area (Å²) in [4.78, 5) is 28.6. The number of carbonyl (C=O) groups excluding carboxylic acids is 2. The summed E-state index contributed by atoms with van der Waals surface area (Å²) in [6, 6.07) is 5.28. The van der Waals surface area contributed by atoms with Crippen LogP contribution < -0.4 is 10.2 Å². The zero-order chi connectivity index (χ0) is 30.1. The van der Waals surface area contributed by atoms with E-state index in [0.717, 1.165) is 30.6 Å². The molecule has 2 N–H and O–H groups in total.